The second kappa shape index (κ2) is 58.7. The standard InChI is InChI=1S/C79H133NO18/c1-3-5-7-9-11-13-15-17-19-21-23-25-27-29-31-33-35-37-39-41-43-45-47-49-51-53-55-57-67(85)80-62(63(84)56-54-52-50-48-46-44-42-40-38-36-34-32-30-28-26-24-22-20-18-16-14-12-10-8-6-4-2)61-93-77-73(91)70(88)75(65(59-82)95-77)98-79-74(92)71(89)76(66(60-83)96-79)97-78-72(90)69(87)68(86)64(58-81)94-78/h5,7,11,13,17,19,23,25,29,31,35,37-38,40-41,43,46,48,54,56,62-66,68-79,81-84,86-92H,3-4,6,8-10,12,14-16,18,20-22,24,26-28,30,32-34,36,39,42,44-45,47,49-53,55,57-61H2,1-2H3,(H,80,85)/b7-5-,13-11-,19-17-,25-23-,31-29-,37-35-,40-38+,43-41-,48-46+,56-54+. The van der Waals surface area contributed by atoms with Gasteiger partial charge in [-0.2, -0.15) is 0 Å². The minimum Gasteiger partial charge on any atom is -0.394 e. The van der Waals surface area contributed by atoms with E-state index in [1.807, 2.05) is 6.08 Å². The van der Waals surface area contributed by atoms with Gasteiger partial charge in [0.15, 0.2) is 18.9 Å². The molecule has 3 fully saturated rings. The van der Waals surface area contributed by atoms with Gasteiger partial charge in [0.1, 0.15) is 73.2 Å². The summed E-state index contributed by atoms with van der Waals surface area (Å²) in [5.41, 5.74) is 0. The summed E-state index contributed by atoms with van der Waals surface area (Å²) in [5.74, 6) is -0.313. The fourth-order valence-corrected chi connectivity index (χ4v) is 11.9. The largest absolute Gasteiger partial charge is 0.394 e. The van der Waals surface area contributed by atoms with Crippen molar-refractivity contribution in [1.82, 2.24) is 5.32 Å². The average molecular weight is 1380 g/mol. The molecule has 0 aromatic carbocycles. The van der Waals surface area contributed by atoms with Crippen LogP contribution in [0.25, 0.3) is 0 Å². The van der Waals surface area contributed by atoms with Gasteiger partial charge in [0, 0.05) is 6.42 Å². The minimum absolute atomic E-state index is 0.201. The van der Waals surface area contributed by atoms with Crippen molar-refractivity contribution in [3.63, 3.8) is 0 Å². The maximum absolute atomic E-state index is 13.4. The molecule has 3 aliphatic rings. The van der Waals surface area contributed by atoms with Crippen molar-refractivity contribution in [2.45, 2.75) is 343 Å². The van der Waals surface area contributed by atoms with Crippen LogP contribution in [0.4, 0.5) is 0 Å². The minimum atomic E-state index is -1.99. The molecule has 12 N–H and O–H groups in total. The normalized spacial score (nSPS) is 27.5. The van der Waals surface area contributed by atoms with Crippen LogP contribution in [0.2, 0.25) is 0 Å². The summed E-state index contributed by atoms with van der Waals surface area (Å²) in [4.78, 5) is 13.4. The van der Waals surface area contributed by atoms with Gasteiger partial charge in [-0.25, -0.2) is 0 Å². The van der Waals surface area contributed by atoms with Crippen molar-refractivity contribution in [3.8, 4) is 0 Å². The molecular formula is C79H133NO18. The van der Waals surface area contributed by atoms with E-state index in [0.717, 1.165) is 103 Å². The fraction of sp³-hybridized carbons (Fsp3) is 0.734. The number of allylic oxidation sites excluding steroid dienone is 19. The first kappa shape index (κ1) is 88.4. The van der Waals surface area contributed by atoms with Crippen LogP contribution in [-0.4, -0.2) is 193 Å². The third-order valence-corrected chi connectivity index (χ3v) is 18.0. The second-order valence-electron chi connectivity index (χ2n) is 26.4. The van der Waals surface area contributed by atoms with E-state index in [4.69, 9.17) is 28.4 Å². The third-order valence-electron chi connectivity index (χ3n) is 18.0. The predicted octanol–water partition coefficient (Wildman–Crippen LogP) is 11.6. The number of carbonyl (C=O) groups is 1. The molecule has 17 unspecified atom stereocenters. The number of nitrogens with one attached hydrogen (secondary N) is 1. The van der Waals surface area contributed by atoms with Crippen molar-refractivity contribution in [1.29, 1.82) is 0 Å². The van der Waals surface area contributed by atoms with Gasteiger partial charge in [0.25, 0.3) is 0 Å². The first-order valence-corrected chi connectivity index (χ1v) is 37.8. The summed E-state index contributed by atoms with van der Waals surface area (Å²) in [6.45, 7) is 1.58. The molecule has 3 heterocycles. The third kappa shape index (κ3) is 39.0. The lowest BCUT2D eigenvalue weighted by Gasteiger charge is -2.48. The van der Waals surface area contributed by atoms with Crippen LogP contribution in [0, 0.1) is 0 Å². The number of ether oxygens (including phenoxy) is 6. The van der Waals surface area contributed by atoms with Crippen LogP contribution >= 0.6 is 0 Å². The number of amides is 1. The molecule has 0 aliphatic carbocycles. The van der Waals surface area contributed by atoms with E-state index in [-0.39, 0.29) is 18.9 Å². The molecule has 0 radical (unpaired) electrons. The SMILES string of the molecule is CC/C=C\C/C=C\C/C=C\C/C=C\C/C=C\C/C=C\C/C=C\CCCCCCCC(=O)NC(COC1OC(CO)C(OC2OC(CO)C(OC3OC(CO)C(O)C(O)C3O)C(O)C2O)C(O)C1O)C(O)/C=C/CC/C=C/CC/C=C/CCCCCCCCCCCCCCCCCC. The lowest BCUT2D eigenvalue weighted by Crippen LogP contribution is -2.66. The summed E-state index contributed by atoms with van der Waals surface area (Å²) in [7, 11) is 0. The zero-order valence-corrected chi connectivity index (χ0v) is 59.7. The van der Waals surface area contributed by atoms with Gasteiger partial charge in [-0.3, -0.25) is 4.79 Å². The Balaban J connectivity index is 1.44. The molecule has 3 rings (SSSR count). The van der Waals surface area contributed by atoms with E-state index in [2.05, 4.69) is 129 Å². The number of hydrogen-bond donors (Lipinski definition) is 12. The molecule has 562 valence electrons. The molecule has 0 spiro atoms. The van der Waals surface area contributed by atoms with E-state index in [1.54, 1.807) is 6.08 Å². The van der Waals surface area contributed by atoms with Crippen molar-refractivity contribution < 1.29 is 89.4 Å². The highest BCUT2D eigenvalue weighted by molar-refractivity contribution is 5.76. The van der Waals surface area contributed by atoms with Crippen LogP contribution in [-0.2, 0) is 33.2 Å². The summed E-state index contributed by atoms with van der Waals surface area (Å²) in [5, 5.41) is 121. The van der Waals surface area contributed by atoms with Gasteiger partial charge in [-0.15, -0.1) is 0 Å². The van der Waals surface area contributed by atoms with Crippen molar-refractivity contribution in [2.24, 2.45) is 0 Å². The smallest absolute Gasteiger partial charge is 0.220 e. The zero-order valence-electron chi connectivity index (χ0n) is 59.7. The summed E-state index contributed by atoms with van der Waals surface area (Å²) < 4.78 is 34.4. The zero-order chi connectivity index (χ0) is 71.1. The summed E-state index contributed by atoms with van der Waals surface area (Å²) in [6.07, 6.45) is 54.6. The highest BCUT2D eigenvalue weighted by atomic mass is 16.8. The molecule has 0 aromatic rings. The Labute approximate surface area is 588 Å². The van der Waals surface area contributed by atoms with Crippen LogP contribution in [0.3, 0.4) is 0 Å². The Morgan fingerprint density at radius 3 is 1.14 bits per heavy atom. The maximum Gasteiger partial charge on any atom is 0.220 e. The van der Waals surface area contributed by atoms with Gasteiger partial charge in [-0.05, 0) is 103 Å². The number of rotatable bonds is 57. The molecular weight excluding hydrogens is 1250 g/mol. The molecule has 98 heavy (non-hydrogen) atoms. The monoisotopic (exact) mass is 1380 g/mol. The average Bonchev–Trinajstić information content (AvgIpc) is 0.785. The van der Waals surface area contributed by atoms with Crippen molar-refractivity contribution in [3.05, 3.63) is 122 Å². The van der Waals surface area contributed by atoms with Crippen LogP contribution in [0.5, 0.6) is 0 Å². The van der Waals surface area contributed by atoms with Gasteiger partial charge < -0.3 is 89.9 Å². The Hall–Kier alpha value is -3.81. The Kier molecular flexibility index (Phi) is 52.9. The molecule has 0 saturated carbocycles. The van der Waals surface area contributed by atoms with E-state index in [0.29, 0.717) is 12.8 Å². The van der Waals surface area contributed by atoms with Crippen LogP contribution in [0.15, 0.2) is 122 Å². The van der Waals surface area contributed by atoms with E-state index in [9.17, 15) is 61.0 Å². The molecule has 0 aromatic heterocycles. The lowest BCUT2D eigenvalue weighted by molar-refractivity contribution is -0.379. The van der Waals surface area contributed by atoms with Gasteiger partial charge in [0.05, 0.1) is 38.6 Å². The van der Waals surface area contributed by atoms with Gasteiger partial charge >= 0.3 is 0 Å². The lowest BCUT2D eigenvalue weighted by atomic mass is 9.96. The molecule has 19 nitrogen and oxygen atoms in total. The summed E-state index contributed by atoms with van der Waals surface area (Å²) in [6, 6.07) is -1.02. The number of unbranched alkanes of at least 4 members (excludes halogenated alkanes) is 23. The number of carbonyl (C=O) groups excluding carboxylic acids is 1. The number of aliphatic hydroxyl groups is 11. The second-order valence-corrected chi connectivity index (χ2v) is 26.4. The molecule has 1 amide bonds. The highest BCUT2D eigenvalue weighted by Gasteiger charge is 2.53. The molecule has 0 bridgehead atoms. The summed E-state index contributed by atoms with van der Waals surface area (Å²) >= 11 is 0. The van der Waals surface area contributed by atoms with E-state index in [1.165, 1.54) is 103 Å². The van der Waals surface area contributed by atoms with Crippen molar-refractivity contribution in [2.75, 3.05) is 26.4 Å². The predicted molar refractivity (Wildman–Crippen MR) is 387 cm³/mol. The number of hydrogen-bond acceptors (Lipinski definition) is 18. The highest BCUT2D eigenvalue weighted by Crippen LogP contribution is 2.33. The Morgan fingerprint density at radius 2 is 0.714 bits per heavy atom. The fourth-order valence-electron chi connectivity index (χ4n) is 11.9. The first-order valence-electron chi connectivity index (χ1n) is 37.8. The quantitative estimate of drug-likeness (QED) is 0.0199. The Morgan fingerprint density at radius 1 is 0.378 bits per heavy atom. The first-order chi connectivity index (χ1) is 47.8. The molecule has 17 atom stereocenters. The van der Waals surface area contributed by atoms with Gasteiger partial charge in [0.2, 0.25) is 5.91 Å². The van der Waals surface area contributed by atoms with Gasteiger partial charge in [-0.1, -0.05) is 251 Å². The van der Waals surface area contributed by atoms with E-state index >= 15 is 0 Å². The van der Waals surface area contributed by atoms with Crippen molar-refractivity contribution >= 4 is 5.91 Å². The van der Waals surface area contributed by atoms with E-state index < -0.39 is 124 Å². The molecule has 19 heteroatoms. The maximum atomic E-state index is 13.4. The molecule has 3 saturated heterocycles. The van der Waals surface area contributed by atoms with Crippen LogP contribution in [0.1, 0.15) is 239 Å². The molecule has 3 aliphatic heterocycles. The Bertz CT molecular complexity index is 2250. The topological polar surface area (TPSA) is 307 Å². The van der Waals surface area contributed by atoms with Crippen LogP contribution < -0.4 is 5.32 Å². The number of aliphatic hydroxyl groups excluding tert-OH is 11.